The van der Waals surface area contributed by atoms with Gasteiger partial charge in [0.2, 0.25) is 0 Å². The van der Waals surface area contributed by atoms with Crippen molar-refractivity contribution in [1.29, 1.82) is 0 Å². The van der Waals surface area contributed by atoms with Crippen LogP contribution in [0.25, 0.3) is 11.3 Å². The van der Waals surface area contributed by atoms with Gasteiger partial charge < -0.3 is 13.9 Å². The zero-order chi connectivity index (χ0) is 28.0. The first-order chi connectivity index (χ1) is 19.2. The number of ether oxygens (including phenoxy) is 2. The lowest BCUT2D eigenvalue weighted by Gasteiger charge is -2.43. The molecule has 2 aliphatic rings. The molecule has 1 aromatic heterocycles. The van der Waals surface area contributed by atoms with Crippen LogP contribution in [-0.4, -0.2) is 47.9 Å². The molecule has 1 saturated carbocycles. The maximum absolute atomic E-state index is 7.34. The van der Waals surface area contributed by atoms with Crippen molar-refractivity contribution in [2.75, 3.05) is 6.61 Å². The van der Waals surface area contributed by atoms with Crippen molar-refractivity contribution < 1.29 is 13.9 Å². The van der Waals surface area contributed by atoms with Gasteiger partial charge in [0.15, 0.2) is 5.79 Å². The summed E-state index contributed by atoms with van der Waals surface area (Å²) in [4.78, 5) is 0. The van der Waals surface area contributed by atoms with E-state index < -0.39 is 14.1 Å². The molecule has 1 aliphatic heterocycles. The maximum atomic E-state index is 7.34. The summed E-state index contributed by atoms with van der Waals surface area (Å²) in [5, 5.41) is 11.5. The van der Waals surface area contributed by atoms with E-state index in [4.69, 9.17) is 13.9 Å². The monoisotopic (exact) mass is 553 g/mol. The Balaban J connectivity index is 1.33. The van der Waals surface area contributed by atoms with Gasteiger partial charge in [-0.15, -0.1) is 5.10 Å². The van der Waals surface area contributed by atoms with Crippen molar-refractivity contribution in [3.8, 4) is 11.3 Å². The number of aromatic nitrogens is 3. The minimum atomic E-state index is -2.67. The van der Waals surface area contributed by atoms with E-state index in [1.54, 1.807) is 0 Å². The lowest BCUT2D eigenvalue weighted by atomic mass is 10.1. The summed E-state index contributed by atoms with van der Waals surface area (Å²) in [6.45, 7) is 11.5. The zero-order valence-corrected chi connectivity index (χ0v) is 25.0. The largest absolute Gasteiger partial charge is 0.407 e. The smallest absolute Gasteiger partial charge is 0.261 e. The molecule has 1 saturated heterocycles. The molecule has 2 fully saturated rings. The highest BCUT2D eigenvalue weighted by molar-refractivity contribution is 6.99. The lowest BCUT2D eigenvalue weighted by molar-refractivity contribution is -0.161. The van der Waals surface area contributed by atoms with Gasteiger partial charge >= 0.3 is 0 Å². The number of nitrogens with zero attached hydrogens (tertiary/aromatic N) is 3. The predicted octanol–water partition coefficient (Wildman–Crippen LogP) is 5.60. The van der Waals surface area contributed by atoms with E-state index in [2.05, 4.69) is 104 Å². The fourth-order valence-electron chi connectivity index (χ4n) is 6.65. The number of fused-ring (bicyclic) bond motifs is 1. The van der Waals surface area contributed by atoms with Gasteiger partial charge in [-0.25, -0.2) is 4.68 Å². The Labute approximate surface area is 238 Å². The van der Waals surface area contributed by atoms with Crippen molar-refractivity contribution in [3.63, 3.8) is 0 Å². The Kier molecular flexibility index (Phi) is 7.03. The normalized spacial score (nSPS) is 24.2. The number of rotatable bonds is 7. The summed E-state index contributed by atoms with van der Waals surface area (Å²) in [5.74, 6) is -0.505. The van der Waals surface area contributed by atoms with Crippen LogP contribution in [0.4, 0.5) is 0 Å². The molecule has 4 aromatic rings. The molecule has 0 amide bonds. The average Bonchev–Trinajstić information content (AvgIpc) is 3.64. The standard InChI is InChI=1S/C33H39N3O3Si/c1-32(2,3)40(26-17-11-7-12-18-26,27-19-13-8-14-20-27)37-23-25-21-29(31-30(25)38-33(4,5)39-31)36-22-28(34-35-36)24-15-9-6-10-16-24/h6-20,22,25,29-31H,21,23H2,1-5H3/t25-,29-,30-,31+/m1/s1. The van der Waals surface area contributed by atoms with Crippen molar-refractivity contribution in [2.24, 2.45) is 5.92 Å². The topological polar surface area (TPSA) is 58.4 Å². The first-order valence-corrected chi connectivity index (χ1v) is 16.2. The maximum Gasteiger partial charge on any atom is 0.261 e. The molecule has 0 bridgehead atoms. The Morgan fingerprint density at radius 3 is 1.98 bits per heavy atom. The van der Waals surface area contributed by atoms with Crippen LogP contribution in [0.15, 0.2) is 97.2 Å². The quantitative estimate of drug-likeness (QED) is 0.279. The minimum absolute atomic E-state index is 0.0180. The van der Waals surface area contributed by atoms with E-state index in [1.165, 1.54) is 10.4 Å². The van der Waals surface area contributed by atoms with E-state index in [0.717, 1.165) is 17.7 Å². The summed E-state index contributed by atoms with van der Waals surface area (Å²) in [6, 6.07) is 31.8. The first kappa shape index (κ1) is 27.1. The summed E-state index contributed by atoms with van der Waals surface area (Å²) < 4.78 is 22.4. The second-order valence-corrected chi connectivity index (χ2v) is 16.9. The molecule has 4 atom stereocenters. The Bertz CT molecular complexity index is 1380. The van der Waals surface area contributed by atoms with Crippen LogP contribution in [0.2, 0.25) is 5.04 Å². The molecule has 0 spiro atoms. The summed E-state index contributed by atoms with van der Waals surface area (Å²) in [5.41, 5.74) is 1.92. The highest BCUT2D eigenvalue weighted by Gasteiger charge is 2.57. The molecule has 6 nitrogen and oxygen atoms in total. The molecule has 0 N–H and O–H groups in total. The van der Waals surface area contributed by atoms with Gasteiger partial charge in [-0.3, -0.25) is 0 Å². The van der Waals surface area contributed by atoms with Gasteiger partial charge in [-0.1, -0.05) is 117 Å². The molecule has 1 aliphatic carbocycles. The van der Waals surface area contributed by atoms with Gasteiger partial charge in [0, 0.05) is 18.1 Å². The van der Waals surface area contributed by atoms with Crippen molar-refractivity contribution >= 4 is 18.7 Å². The van der Waals surface area contributed by atoms with Crippen LogP contribution in [0, 0.1) is 5.92 Å². The highest BCUT2D eigenvalue weighted by Crippen LogP contribution is 2.48. The molecule has 0 unspecified atom stereocenters. The minimum Gasteiger partial charge on any atom is -0.407 e. The van der Waals surface area contributed by atoms with Crippen LogP contribution >= 0.6 is 0 Å². The molecular formula is C33H39N3O3Si. The second-order valence-electron chi connectivity index (χ2n) is 12.6. The molecule has 40 heavy (non-hydrogen) atoms. The van der Waals surface area contributed by atoms with E-state index in [-0.39, 0.29) is 29.2 Å². The van der Waals surface area contributed by atoms with E-state index in [1.807, 2.05) is 42.9 Å². The Hall–Kier alpha value is -3.10. The van der Waals surface area contributed by atoms with Crippen LogP contribution < -0.4 is 10.4 Å². The van der Waals surface area contributed by atoms with Gasteiger partial charge in [0.1, 0.15) is 11.8 Å². The van der Waals surface area contributed by atoms with Gasteiger partial charge in [-0.2, -0.15) is 0 Å². The van der Waals surface area contributed by atoms with Gasteiger partial charge in [-0.05, 0) is 35.7 Å². The molecule has 6 rings (SSSR count). The molecular weight excluding hydrogens is 514 g/mol. The lowest BCUT2D eigenvalue weighted by Crippen LogP contribution is -2.67. The fourth-order valence-corrected chi connectivity index (χ4v) is 11.3. The van der Waals surface area contributed by atoms with Gasteiger partial charge in [0.25, 0.3) is 8.32 Å². The van der Waals surface area contributed by atoms with Crippen molar-refractivity contribution in [3.05, 3.63) is 97.2 Å². The average molecular weight is 554 g/mol. The van der Waals surface area contributed by atoms with Crippen molar-refractivity contribution in [1.82, 2.24) is 15.0 Å². The van der Waals surface area contributed by atoms with Crippen LogP contribution in [0.5, 0.6) is 0 Å². The summed E-state index contributed by atoms with van der Waals surface area (Å²) >= 11 is 0. The summed E-state index contributed by atoms with van der Waals surface area (Å²) in [6.07, 6.45) is 2.69. The van der Waals surface area contributed by atoms with Crippen molar-refractivity contribution in [2.45, 2.75) is 70.1 Å². The number of hydrogen-bond donors (Lipinski definition) is 0. The molecule has 3 aromatic carbocycles. The first-order valence-electron chi connectivity index (χ1n) is 14.3. The third kappa shape index (κ3) is 4.85. The van der Waals surface area contributed by atoms with Crippen LogP contribution in [0.1, 0.15) is 47.1 Å². The molecule has 7 heteroatoms. The van der Waals surface area contributed by atoms with E-state index in [0.29, 0.717) is 6.61 Å². The molecule has 208 valence electrons. The van der Waals surface area contributed by atoms with Crippen LogP contribution in [-0.2, 0) is 13.9 Å². The summed E-state index contributed by atoms with van der Waals surface area (Å²) in [7, 11) is -2.67. The predicted molar refractivity (Wildman–Crippen MR) is 160 cm³/mol. The number of hydrogen-bond acceptors (Lipinski definition) is 5. The zero-order valence-electron chi connectivity index (χ0n) is 24.0. The third-order valence-corrected chi connectivity index (χ3v) is 13.4. The number of benzene rings is 3. The fraction of sp³-hybridized carbons (Fsp3) is 0.394. The van der Waals surface area contributed by atoms with E-state index >= 15 is 0 Å². The van der Waals surface area contributed by atoms with E-state index in [9.17, 15) is 0 Å². The Morgan fingerprint density at radius 1 is 0.850 bits per heavy atom. The Morgan fingerprint density at radius 2 is 1.40 bits per heavy atom. The molecule has 2 heterocycles. The second kappa shape index (κ2) is 10.4. The van der Waals surface area contributed by atoms with Crippen LogP contribution in [0.3, 0.4) is 0 Å². The highest BCUT2D eigenvalue weighted by atomic mass is 28.4. The van der Waals surface area contributed by atoms with Gasteiger partial charge in [0.05, 0.1) is 18.3 Å². The molecule has 0 radical (unpaired) electrons. The third-order valence-electron chi connectivity index (χ3n) is 8.40. The SMILES string of the molecule is CC1(C)O[C@@H]2[C@@H](CO[Si](c3ccccc3)(c3ccccc3)C(C)(C)C)C[C@@H](n3cc(-c4ccccc4)nn3)[C@@H]2O1.